The van der Waals surface area contributed by atoms with Gasteiger partial charge < -0.3 is 14.9 Å². The first-order valence-corrected chi connectivity index (χ1v) is 3.92. The molecule has 0 aromatic heterocycles. The zero-order valence-corrected chi connectivity index (χ0v) is 7.66. The van der Waals surface area contributed by atoms with Crippen LogP contribution in [-0.4, -0.2) is 34.6 Å². The number of aliphatic hydroxyl groups excluding tert-OH is 2. The second-order valence-electron chi connectivity index (χ2n) is 3.22. The predicted octanol–water partition coefficient (Wildman–Crippen LogP) is 0.543. The Labute approximate surface area is 68.0 Å². The van der Waals surface area contributed by atoms with Crippen LogP contribution in [0.4, 0.5) is 0 Å². The van der Waals surface area contributed by atoms with Gasteiger partial charge in [-0.2, -0.15) is 0 Å². The third-order valence-electron chi connectivity index (χ3n) is 1.69. The highest BCUT2D eigenvalue weighted by atomic mass is 16.5. The topological polar surface area (TPSA) is 49.7 Å². The Morgan fingerprint density at radius 3 is 2.09 bits per heavy atom. The van der Waals surface area contributed by atoms with Crippen LogP contribution in [0.2, 0.25) is 0 Å². The quantitative estimate of drug-likeness (QED) is 0.634. The molecular weight excluding hydrogens is 144 g/mol. The number of hydrogen-bond donors (Lipinski definition) is 2. The van der Waals surface area contributed by atoms with Crippen molar-refractivity contribution < 1.29 is 14.9 Å². The van der Waals surface area contributed by atoms with Gasteiger partial charge in [0.1, 0.15) is 6.10 Å². The molecule has 3 heteroatoms. The summed E-state index contributed by atoms with van der Waals surface area (Å²) in [6, 6.07) is 0. The minimum absolute atomic E-state index is 0.538. The number of ether oxygens (including phenoxy) is 1. The maximum atomic E-state index is 9.41. The van der Waals surface area contributed by atoms with E-state index in [1.807, 2.05) is 6.92 Å². The number of rotatable bonds is 4. The second-order valence-corrected chi connectivity index (χ2v) is 3.22. The molecule has 0 aliphatic heterocycles. The van der Waals surface area contributed by atoms with E-state index in [1.165, 1.54) is 0 Å². The van der Waals surface area contributed by atoms with Gasteiger partial charge in [0, 0.05) is 6.61 Å². The van der Waals surface area contributed by atoms with E-state index in [0.29, 0.717) is 6.61 Å². The van der Waals surface area contributed by atoms with Gasteiger partial charge >= 0.3 is 0 Å². The van der Waals surface area contributed by atoms with Crippen molar-refractivity contribution in [3.63, 3.8) is 0 Å². The highest BCUT2D eigenvalue weighted by Gasteiger charge is 2.31. The van der Waals surface area contributed by atoms with Gasteiger partial charge in [-0.3, -0.25) is 0 Å². The third kappa shape index (κ3) is 3.18. The molecule has 0 spiro atoms. The summed E-state index contributed by atoms with van der Waals surface area (Å²) in [5, 5.41) is 18.5. The standard InChI is InChI=1S/C8H18O3/c1-5-11-8(3,4)7(10)6(2)9/h6-7,9-10H,5H2,1-4H3. The lowest BCUT2D eigenvalue weighted by Gasteiger charge is -2.31. The van der Waals surface area contributed by atoms with Crippen LogP contribution in [-0.2, 0) is 4.74 Å². The summed E-state index contributed by atoms with van der Waals surface area (Å²) < 4.78 is 5.24. The largest absolute Gasteiger partial charge is 0.391 e. The zero-order valence-electron chi connectivity index (χ0n) is 7.66. The van der Waals surface area contributed by atoms with Gasteiger partial charge in [0.05, 0.1) is 11.7 Å². The molecule has 0 heterocycles. The van der Waals surface area contributed by atoms with Crippen molar-refractivity contribution in [2.24, 2.45) is 0 Å². The molecular formula is C8H18O3. The van der Waals surface area contributed by atoms with Gasteiger partial charge in [-0.25, -0.2) is 0 Å². The average molecular weight is 162 g/mol. The van der Waals surface area contributed by atoms with Gasteiger partial charge in [0.15, 0.2) is 0 Å². The molecule has 2 atom stereocenters. The second kappa shape index (κ2) is 4.04. The molecule has 2 unspecified atom stereocenters. The summed E-state index contributed by atoms with van der Waals surface area (Å²) >= 11 is 0. The van der Waals surface area contributed by atoms with Crippen molar-refractivity contribution in [3.05, 3.63) is 0 Å². The third-order valence-corrected chi connectivity index (χ3v) is 1.69. The monoisotopic (exact) mass is 162 g/mol. The lowest BCUT2D eigenvalue weighted by molar-refractivity contribution is -0.133. The number of aliphatic hydroxyl groups is 2. The van der Waals surface area contributed by atoms with E-state index in [4.69, 9.17) is 9.84 Å². The summed E-state index contributed by atoms with van der Waals surface area (Å²) in [6.07, 6.45) is -1.58. The molecule has 2 N–H and O–H groups in total. The maximum absolute atomic E-state index is 9.41. The lowest BCUT2D eigenvalue weighted by Crippen LogP contribution is -2.45. The van der Waals surface area contributed by atoms with Crippen molar-refractivity contribution >= 4 is 0 Å². The molecule has 0 aromatic carbocycles. The van der Waals surface area contributed by atoms with Crippen LogP contribution in [0.25, 0.3) is 0 Å². The summed E-state index contributed by atoms with van der Waals surface area (Å²) in [7, 11) is 0. The van der Waals surface area contributed by atoms with Crippen LogP contribution in [0.5, 0.6) is 0 Å². The summed E-state index contributed by atoms with van der Waals surface area (Å²) in [5.41, 5.74) is -0.664. The van der Waals surface area contributed by atoms with Gasteiger partial charge in [-0.1, -0.05) is 0 Å². The van der Waals surface area contributed by atoms with Crippen LogP contribution in [0, 0.1) is 0 Å². The van der Waals surface area contributed by atoms with Crippen molar-refractivity contribution in [2.45, 2.75) is 45.5 Å². The normalized spacial score (nSPS) is 18.0. The van der Waals surface area contributed by atoms with Gasteiger partial charge in [0.2, 0.25) is 0 Å². The minimum atomic E-state index is -0.831. The van der Waals surface area contributed by atoms with E-state index >= 15 is 0 Å². The summed E-state index contributed by atoms with van der Waals surface area (Å²) in [5.74, 6) is 0. The highest BCUT2D eigenvalue weighted by molar-refractivity contribution is 4.82. The molecule has 0 radical (unpaired) electrons. The molecule has 0 aromatic rings. The van der Waals surface area contributed by atoms with E-state index in [1.54, 1.807) is 20.8 Å². The molecule has 0 fully saturated rings. The van der Waals surface area contributed by atoms with Crippen molar-refractivity contribution in [2.75, 3.05) is 6.61 Å². The average Bonchev–Trinajstić information content (AvgIpc) is 1.86. The Hall–Kier alpha value is -0.120. The van der Waals surface area contributed by atoms with Crippen LogP contribution in [0.3, 0.4) is 0 Å². The molecule has 68 valence electrons. The summed E-state index contributed by atoms with van der Waals surface area (Å²) in [4.78, 5) is 0. The minimum Gasteiger partial charge on any atom is -0.391 e. The first-order chi connectivity index (χ1) is 4.91. The van der Waals surface area contributed by atoms with Crippen LogP contribution in [0.1, 0.15) is 27.7 Å². The highest BCUT2D eigenvalue weighted by Crippen LogP contribution is 2.17. The maximum Gasteiger partial charge on any atom is 0.108 e. The Morgan fingerprint density at radius 1 is 1.36 bits per heavy atom. The first kappa shape index (κ1) is 10.9. The smallest absolute Gasteiger partial charge is 0.108 e. The predicted molar refractivity (Wildman–Crippen MR) is 43.4 cm³/mol. The number of hydrogen-bond acceptors (Lipinski definition) is 3. The van der Waals surface area contributed by atoms with E-state index in [9.17, 15) is 5.11 Å². The SMILES string of the molecule is CCOC(C)(C)C(O)C(C)O. The fourth-order valence-corrected chi connectivity index (χ4v) is 1.04. The first-order valence-electron chi connectivity index (χ1n) is 3.92. The molecule has 0 saturated carbocycles. The van der Waals surface area contributed by atoms with E-state index < -0.39 is 17.8 Å². The molecule has 0 aliphatic carbocycles. The van der Waals surface area contributed by atoms with E-state index in [2.05, 4.69) is 0 Å². The summed E-state index contributed by atoms with van der Waals surface area (Å²) in [6.45, 7) is 7.46. The van der Waals surface area contributed by atoms with Gasteiger partial charge in [-0.05, 0) is 27.7 Å². The Bertz CT molecular complexity index is 110. The fourth-order valence-electron chi connectivity index (χ4n) is 1.04. The molecule has 0 bridgehead atoms. The van der Waals surface area contributed by atoms with Crippen molar-refractivity contribution in [1.82, 2.24) is 0 Å². The molecule has 0 aliphatic rings. The Kier molecular flexibility index (Phi) is 4.00. The fraction of sp³-hybridized carbons (Fsp3) is 1.00. The molecule has 0 amide bonds. The Morgan fingerprint density at radius 2 is 1.82 bits per heavy atom. The van der Waals surface area contributed by atoms with Crippen LogP contribution in [0.15, 0.2) is 0 Å². The van der Waals surface area contributed by atoms with Crippen molar-refractivity contribution in [3.8, 4) is 0 Å². The van der Waals surface area contributed by atoms with E-state index in [-0.39, 0.29) is 0 Å². The van der Waals surface area contributed by atoms with Gasteiger partial charge in [-0.15, -0.1) is 0 Å². The molecule has 0 rings (SSSR count). The lowest BCUT2D eigenvalue weighted by atomic mass is 9.97. The van der Waals surface area contributed by atoms with Crippen molar-refractivity contribution in [1.29, 1.82) is 0 Å². The zero-order chi connectivity index (χ0) is 9.07. The van der Waals surface area contributed by atoms with E-state index in [0.717, 1.165) is 0 Å². The molecule has 3 nitrogen and oxygen atoms in total. The van der Waals surface area contributed by atoms with Crippen LogP contribution >= 0.6 is 0 Å². The van der Waals surface area contributed by atoms with Crippen LogP contribution < -0.4 is 0 Å². The Balaban J connectivity index is 4.05. The van der Waals surface area contributed by atoms with Gasteiger partial charge in [0.25, 0.3) is 0 Å². The molecule has 0 saturated heterocycles. The molecule has 11 heavy (non-hydrogen) atoms.